The summed E-state index contributed by atoms with van der Waals surface area (Å²) in [5, 5.41) is 0.371. The van der Waals surface area contributed by atoms with Crippen molar-refractivity contribution in [2.24, 2.45) is 5.73 Å². The van der Waals surface area contributed by atoms with Gasteiger partial charge in [-0.15, -0.1) is 0 Å². The SMILES string of the molecule is NC(=O)[C@@H]1CCCN1C(=O)c1cc(-n2cccc2)ccc1Cl. The molecular weight excluding hydrogens is 302 g/mol. The predicted molar refractivity (Wildman–Crippen MR) is 84.0 cm³/mol. The van der Waals surface area contributed by atoms with Gasteiger partial charge < -0.3 is 15.2 Å². The predicted octanol–water partition coefficient (Wildman–Crippen LogP) is 2.22. The Balaban J connectivity index is 1.95. The molecule has 2 aromatic rings. The van der Waals surface area contributed by atoms with Crippen LogP contribution in [0.4, 0.5) is 0 Å². The highest BCUT2D eigenvalue weighted by atomic mass is 35.5. The van der Waals surface area contributed by atoms with Gasteiger partial charge in [-0.05, 0) is 43.2 Å². The van der Waals surface area contributed by atoms with E-state index in [4.69, 9.17) is 17.3 Å². The first-order valence-electron chi connectivity index (χ1n) is 7.11. The molecule has 0 saturated carbocycles. The summed E-state index contributed by atoms with van der Waals surface area (Å²) in [5.74, 6) is -0.719. The Bertz CT molecular complexity index is 712. The fourth-order valence-corrected chi connectivity index (χ4v) is 3.00. The molecule has 1 atom stereocenters. The molecule has 2 amide bonds. The average Bonchev–Trinajstić information content (AvgIpc) is 3.18. The normalized spacial score (nSPS) is 17.7. The fraction of sp³-hybridized carbons (Fsp3) is 0.250. The second-order valence-electron chi connectivity index (χ2n) is 5.31. The van der Waals surface area contributed by atoms with Crippen molar-refractivity contribution in [3.63, 3.8) is 0 Å². The molecule has 0 bridgehead atoms. The van der Waals surface area contributed by atoms with Crippen LogP contribution in [0.3, 0.4) is 0 Å². The molecule has 1 fully saturated rings. The number of carbonyl (C=O) groups excluding carboxylic acids is 2. The Hall–Kier alpha value is -2.27. The maximum absolute atomic E-state index is 12.7. The van der Waals surface area contributed by atoms with E-state index in [1.54, 1.807) is 12.1 Å². The summed E-state index contributed by atoms with van der Waals surface area (Å²) in [7, 11) is 0. The third kappa shape index (κ3) is 2.60. The number of primary amides is 1. The zero-order chi connectivity index (χ0) is 15.7. The van der Waals surface area contributed by atoms with Gasteiger partial charge >= 0.3 is 0 Å². The summed E-state index contributed by atoms with van der Waals surface area (Å²) >= 11 is 6.19. The third-order valence-electron chi connectivity index (χ3n) is 3.93. The first-order chi connectivity index (χ1) is 10.6. The van der Waals surface area contributed by atoms with Gasteiger partial charge in [0, 0.05) is 24.6 Å². The van der Waals surface area contributed by atoms with Gasteiger partial charge in [0.15, 0.2) is 0 Å². The second kappa shape index (κ2) is 5.85. The van der Waals surface area contributed by atoms with Crippen molar-refractivity contribution < 1.29 is 9.59 Å². The number of carbonyl (C=O) groups is 2. The lowest BCUT2D eigenvalue weighted by Crippen LogP contribution is -2.43. The van der Waals surface area contributed by atoms with Crippen LogP contribution in [-0.4, -0.2) is 33.9 Å². The standard InChI is InChI=1S/C16H16ClN3O2/c17-13-6-5-11(19-7-1-2-8-19)10-12(13)16(22)20-9-3-4-14(20)15(18)21/h1-2,5-8,10,14H,3-4,9H2,(H2,18,21)/t14-/m0/s1. The molecule has 1 aliphatic rings. The summed E-state index contributed by atoms with van der Waals surface area (Å²) in [4.78, 5) is 25.7. The van der Waals surface area contributed by atoms with Crippen LogP contribution in [0.5, 0.6) is 0 Å². The van der Waals surface area contributed by atoms with E-state index in [1.807, 2.05) is 35.2 Å². The van der Waals surface area contributed by atoms with E-state index in [1.165, 1.54) is 4.90 Å². The Morgan fingerprint density at radius 1 is 1.23 bits per heavy atom. The molecule has 22 heavy (non-hydrogen) atoms. The van der Waals surface area contributed by atoms with Crippen LogP contribution < -0.4 is 5.73 Å². The molecule has 1 saturated heterocycles. The second-order valence-corrected chi connectivity index (χ2v) is 5.72. The molecule has 5 nitrogen and oxygen atoms in total. The summed E-state index contributed by atoms with van der Waals surface area (Å²) in [6.07, 6.45) is 5.16. The number of hydrogen-bond donors (Lipinski definition) is 1. The number of nitrogens with two attached hydrogens (primary N) is 1. The summed E-state index contributed by atoms with van der Waals surface area (Å²) in [6.45, 7) is 0.524. The van der Waals surface area contributed by atoms with Crippen LogP contribution in [0.25, 0.3) is 5.69 Å². The van der Waals surface area contributed by atoms with E-state index in [0.717, 1.165) is 12.1 Å². The van der Waals surface area contributed by atoms with E-state index in [0.29, 0.717) is 23.6 Å². The van der Waals surface area contributed by atoms with Crippen molar-refractivity contribution >= 4 is 23.4 Å². The largest absolute Gasteiger partial charge is 0.368 e. The molecule has 2 N–H and O–H groups in total. The van der Waals surface area contributed by atoms with Crippen molar-refractivity contribution in [2.75, 3.05) is 6.54 Å². The van der Waals surface area contributed by atoms with Crippen molar-refractivity contribution in [1.29, 1.82) is 0 Å². The molecular formula is C16H16ClN3O2. The molecule has 0 radical (unpaired) electrons. The number of benzene rings is 1. The number of likely N-dealkylation sites (tertiary alicyclic amines) is 1. The summed E-state index contributed by atoms with van der Waals surface area (Å²) in [6, 6.07) is 8.54. The zero-order valence-electron chi connectivity index (χ0n) is 11.9. The fourth-order valence-electron chi connectivity index (χ4n) is 2.80. The average molecular weight is 318 g/mol. The number of hydrogen-bond acceptors (Lipinski definition) is 2. The molecule has 0 aliphatic carbocycles. The van der Waals surface area contributed by atoms with Crippen LogP contribution in [0, 0.1) is 0 Å². The lowest BCUT2D eigenvalue weighted by atomic mass is 10.1. The van der Waals surface area contributed by atoms with Gasteiger partial charge in [0.05, 0.1) is 10.6 Å². The van der Waals surface area contributed by atoms with Crippen LogP contribution in [0.15, 0.2) is 42.7 Å². The van der Waals surface area contributed by atoms with Gasteiger partial charge in [-0.1, -0.05) is 11.6 Å². The van der Waals surface area contributed by atoms with Crippen molar-refractivity contribution in [3.8, 4) is 5.69 Å². The minimum absolute atomic E-state index is 0.250. The first kappa shape index (κ1) is 14.7. The van der Waals surface area contributed by atoms with Crippen molar-refractivity contribution in [3.05, 3.63) is 53.3 Å². The highest BCUT2D eigenvalue weighted by Crippen LogP contribution is 2.25. The van der Waals surface area contributed by atoms with E-state index >= 15 is 0 Å². The maximum Gasteiger partial charge on any atom is 0.256 e. The number of rotatable bonds is 3. The Labute approximate surface area is 133 Å². The van der Waals surface area contributed by atoms with E-state index in [2.05, 4.69) is 0 Å². The van der Waals surface area contributed by atoms with E-state index in [-0.39, 0.29) is 5.91 Å². The molecule has 6 heteroatoms. The topological polar surface area (TPSA) is 68.3 Å². The molecule has 0 unspecified atom stereocenters. The van der Waals surface area contributed by atoms with Crippen LogP contribution in [0.2, 0.25) is 5.02 Å². The molecule has 1 aliphatic heterocycles. The number of amides is 2. The number of nitrogens with zero attached hydrogens (tertiary/aromatic N) is 2. The molecule has 1 aromatic heterocycles. The summed E-state index contributed by atoms with van der Waals surface area (Å²) < 4.78 is 1.89. The number of halogens is 1. The molecule has 0 spiro atoms. The quantitative estimate of drug-likeness (QED) is 0.943. The third-order valence-corrected chi connectivity index (χ3v) is 4.25. The van der Waals surface area contributed by atoms with Gasteiger partial charge in [0.2, 0.25) is 5.91 Å². The van der Waals surface area contributed by atoms with E-state index in [9.17, 15) is 9.59 Å². The van der Waals surface area contributed by atoms with Gasteiger partial charge in [-0.25, -0.2) is 0 Å². The minimum atomic E-state index is -0.543. The lowest BCUT2D eigenvalue weighted by molar-refractivity contribution is -0.121. The molecule has 1 aromatic carbocycles. The molecule has 2 heterocycles. The van der Waals surface area contributed by atoms with Crippen molar-refractivity contribution in [1.82, 2.24) is 9.47 Å². The van der Waals surface area contributed by atoms with Crippen LogP contribution in [0.1, 0.15) is 23.2 Å². The van der Waals surface area contributed by atoms with Crippen LogP contribution >= 0.6 is 11.6 Å². The Morgan fingerprint density at radius 3 is 2.64 bits per heavy atom. The van der Waals surface area contributed by atoms with E-state index < -0.39 is 11.9 Å². The Kier molecular flexibility index (Phi) is 3.90. The first-order valence-corrected chi connectivity index (χ1v) is 7.49. The molecule has 3 rings (SSSR count). The van der Waals surface area contributed by atoms with Gasteiger partial charge in [-0.3, -0.25) is 9.59 Å². The van der Waals surface area contributed by atoms with Gasteiger partial charge in [0.25, 0.3) is 5.91 Å². The Morgan fingerprint density at radius 2 is 1.95 bits per heavy atom. The highest BCUT2D eigenvalue weighted by Gasteiger charge is 2.33. The van der Waals surface area contributed by atoms with Crippen molar-refractivity contribution in [2.45, 2.75) is 18.9 Å². The minimum Gasteiger partial charge on any atom is -0.368 e. The summed E-state index contributed by atoms with van der Waals surface area (Å²) in [5.41, 5.74) is 6.61. The zero-order valence-corrected chi connectivity index (χ0v) is 12.7. The van der Waals surface area contributed by atoms with Crippen LogP contribution in [-0.2, 0) is 4.79 Å². The smallest absolute Gasteiger partial charge is 0.256 e. The van der Waals surface area contributed by atoms with Gasteiger partial charge in [0.1, 0.15) is 6.04 Å². The monoisotopic (exact) mass is 317 g/mol. The molecule has 114 valence electrons. The maximum atomic E-state index is 12.7. The lowest BCUT2D eigenvalue weighted by Gasteiger charge is -2.23. The highest BCUT2D eigenvalue weighted by molar-refractivity contribution is 6.34. The number of aromatic nitrogens is 1. The van der Waals surface area contributed by atoms with Gasteiger partial charge in [-0.2, -0.15) is 0 Å².